The van der Waals surface area contributed by atoms with Crippen LogP contribution >= 0.6 is 0 Å². The van der Waals surface area contributed by atoms with Gasteiger partial charge in [0.25, 0.3) is 0 Å². The summed E-state index contributed by atoms with van der Waals surface area (Å²) in [5.41, 5.74) is 0. The number of esters is 1. The third-order valence-corrected chi connectivity index (χ3v) is 2.13. The van der Waals surface area contributed by atoms with Crippen LogP contribution in [0.3, 0.4) is 0 Å². The maximum Gasteiger partial charge on any atom is 0.342 e. The number of methoxy groups -OCH3 is 1. The lowest BCUT2D eigenvalue weighted by Crippen LogP contribution is -2.45. The van der Waals surface area contributed by atoms with Gasteiger partial charge in [0.05, 0.1) is 7.11 Å². The zero-order chi connectivity index (χ0) is 8.97. The summed E-state index contributed by atoms with van der Waals surface area (Å²) in [4.78, 5) is 10.8. The Morgan fingerprint density at radius 1 is 1.67 bits per heavy atom. The molecule has 3 nitrogen and oxygen atoms in total. The SMILES string of the molecule is COC(=O)C(F)C1CCCCN1. The van der Waals surface area contributed by atoms with Gasteiger partial charge in [-0.3, -0.25) is 0 Å². The lowest BCUT2D eigenvalue weighted by molar-refractivity contribution is -0.147. The third-order valence-electron chi connectivity index (χ3n) is 2.13. The second-order valence-electron chi connectivity index (χ2n) is 2.98. The molecule has 1 fully saturated rings. The van der Waals surface area contributed by atoms with Gasteiger partial charge >= 0.3 is 5.97 Å². The van der Waals surface area contributed by atoms with Crippen molar-refractivity contribution in [3.05, 3.63) is 0 Å². The Morgan fingerprint density at radius 3 is 2.92 bits per heavy atom. The molecule has 2 atom stereocenters. The van der Waals surface area contributed by atoms with Crippen molar-refractivity contribution < 1.29 is 13.9 Å². The number of alkyl halides is 1. The molecule has 70 valence electrons. The number of ether oxygens (including phenoxy) is 1. The van der Waals surface area contributed by atoms with Crippen LogP contribution < -0.4 is 5.32 Å². The average Bonchev–Trinajstić information content (AvgIpc) is 2.17. The third kappa shape index (κ3) is 2.17. The first-order chi connectivity index (χ1) is 5.75. The van der Waals surface area contributed by atoms with E-state index in [0.717, 1.165) is 25.8 Å². The summed E-state index contributed by atoms with van der Waals surface area (Å²) >= 11 is 0. The number of halogens is 1. The molecule has 0 bridgehead atoms. The predicted octanol–water partition coefficient (Wildman–Crippen LogP) is 0.640. The molecule has 12 heavy (non-hydrogen) atoms. The first kappa shape index (κ1) is 9.45. The standard InChI is InChI=1S/C8H14FNO2/c1-12-8(11)7(9)6-4-2-3-5-10-6/h6-7,10H,2-5H2,1H3. The van der Waals surface area contributed by atoms with Crippen LogP contribution in [0.2, 0.25) is 0 Å². The van der Waals surface area contributed by atoms with Crippen LogP contribution in [0.1, 0.15) is 19.3 Å². The molecule has 1 aliphatic rings. The average molecular weight is 175 g/mol. The van der Waals surface area contributed by atoms with E-state index in [0.29, 0.717) is 0 Å². The highest BCUT2D eigenvalue weighted by atomic mass is 19.1. The number of rotatable bonds is 2. The van der Waals surface area contributed by atoms with E-state index in [1.54, 1.807) is 0 Å². The van der Waals surface area contributed by atoms with Gasteiger partial charge in [0, 0.05) is 6.04 Å². The summed E-state index contributed by atoms with van der Waals surface area (Å²) in [7, 11) is 1.21. The number of carbonyl (C=O) groups excluding carboxylic acids is 1. The summed E-state index contributed by atoms with van der Waals surface area (Å²) in [6, 6.07) is -0.341. The van der Waals surface area contributed by atoms with Gasteiger partial charge < -0.3 is 10.1 Å². The van der Waals surface area contributed by atoms with Crippen LogP contribution in [-0.4, -0.2) is 31.8 Å². The molecule has 1 N–H and O–H groups in total. The van der Waals surface area contributed by atoms with Crippen molar-refractivity contribution >= 4 is 5.97 Å². The predicted molar refractivity (Wildman–Crippen MR) is 42.6 cm³/mol. The van der Waals surface area contributed by atoms with Gasteiger partial charge in [-0.15, -0.1) is 0 Å². The molecule has 0 aromatic rings. The first-order valence-corrected chi connectivity index (χ1v) is 4.21. The number of piperidine rings is 1. The summed E-state index contributed by atoms with van der Waals surface area (Å²) in [5.74, 6) is -0.769. The van der Waals surface area contributed by atoms with Gasteiger partial charge in [-0.05, 0) is 19.4 Å². The van der Waals surface area contributed by atoms with E-state index < -0.39 is 12.1 Å². The molecule has 1 rings (SSSR count). The van der Waals surface area contributed by atoms with Crippen molar-refractivity contribution in [1.29, 1.82) is 0 Å². The highest BCUT2D eigenvalue weighted by Crippen LogP contribution is 2.13. The van der Waals surface area contributed by atoms with Crippen molar-refractivity contribution in [2.75, 3.05) is 13.7 Å². The van der Waals surface area contributed by atoms with E-state index in [2.05, 4.69) is 10.1 Å². The molecular formula is C8H14FNO2. The van der Waals surface area contributed by atoms with E-state index >= 15 is 0 Å². The van der Waals surface area contributed by atoms with Crippen LogP contribution in [0, 0.1) is 0 Å². The summed E-state index contributed by atoms with van der Waals surface area (Å²) in [6.45, 7) is 0.794. The Hall–Kier alpha value is -0.640. The molecule has 1 saturated heterocycles. The van der Waals surface area contributed by atoms with Crippen molar-refractivity contribution in [2.24, 2.45) is 0 Å². The van der Waals surface area contributed by atoms with E-state index in [1.165, 1.54) is 7.11 Å². The van der Waals surface area contributed by atoms with E-state index in [-0.39, 0.29) is 6.04 Å². The Balaban J connectivity index is 2.39. The van der Waals surface area contributed by atoms with Crippen molar-refractivity contribution in [1.82, 2.24) is 5.32 Å². The molecule has 0 radical (unpaired) electrons. The topological polar surface area (TPSA) is 38.3 Å². The zero-order valence-electron chi connectivity index (χ0n) is 7.18. The minimum Gasteiger partial charge on any atom is -0.467 e. The zero-order valence-corrected chi connectivity index (χ0v) is 7.18. The number of carbonyl (C=O) groups is 1. The monoisotopic (exact) mass is 175 g/mol. The second kappa shape index (κ2) is 4.40. The Labute approximate surface area is 71.3 Å². The summed E-state index contributed by atoms with van der Waals surface area (Å²) in [5, 5.41) is 2.96. The fraction of sp³-hybridized carbons (Fsp3) is 0.875. The van der Waals surface area contributed by atoms with Gasteiger partial charge in [0.1, 0.15) is 0 Å². The molecule has 1 heterocycles. The maximum absolute atomic E-state index is 13.1. The van der Waals surface area contributed by atoms with Gasteiger partial charge in [-0.1, -0.05) is 6.42 Å². The number of hydrogen-bond donors (Lipinski definition) is 1. The molecular weight excluding hydrogens is 161 g/mol. The molecule has 0 spiro atoms. The normalized spacial score (nSPS) is 26.3. The van der Waals surface area contributed by atoms with Crippen LogP contribution in [0.15, 0.2) is 0 Å². The molecule has 0 aromatic carbocycles. The summed E-state index contributed by atoms with van der Waals surface area (Å²) in [6.07, 6.45) is 1.26. The van der Waals surface area contributed by atoms with Gasteiger partial charge in [0.15, 0.2) is 0 Å². The van der Waals surface area contributed by atoms with E-state index in [4.69, 9.17) is 0 Å². The number of nitrogens with one attached hydrogen (secondary N) is 1. The van der Waals surface area contributed by atoms with E-state index in [9.17, 15) is 9.18 Å². The van der Waals surface area contributed by atoms with Crippen molar-refractivity contribution in [3.8, 4) is 0 Å². The Bertz CT molecular complexity index is 157. The first-order valence-electron chi connectivity index (χ1n) is 4.21. The summed E-state index contributed by atoms with van der Waals surface area (Å²) < 4.78 is 17.5. The molecule has 1 aliphatic heterocycles. The van der Waals surface area contributed by atoms with Gasteiger partial charge in [-0.25, -0.2) is 9.18 Å². The molecule has 4 heteroatoms. The minimum atomic E-state index is -1.50. The fourth-order valence-corrected chi connectivity index (χ4v) is 1.41. The van der Waals surface area contributed by atoms with Crippen molar-refractivity contribution in [3.63, 3.8) is 0 Å². The van der Waals surface area contributed by atoms with Crippen LogP contribution in [0.25, 0.3) is 0 Å². The maximum atomic E-state index is 13.1. The molecule has 0 saturated carbocycles. The lowest BCUT2D eigenvalue weighted by Gasteiger charge is -2.24. The van der Waals surface area contributed by atoms with E-state index in [1.807, 2.05) is 0 Å². The quantitative estimate of drug-likeness (QED) is 0.626. The smallest absolute Gasteiger partial charge is 0.342 e. The highest BCUT2D eigenvalue weighted by molar-refractivity contribution is 5.75. The second-order valence-corrected chi connectivity index (χ2v) is 2.98. The highest BCUT2D eigenvalue weighted by Gasteiger charge is 2.29. The van der Waals surface area contributed by atoms with Gasteiger partial charge in [-0.2, -0.15) is 0 Å². The van der Waals surface area contributed by atoms with Crippen LogP contribution in [0.4, 0.5) is 4.39 Å². The minimum absolute atomic E-state index is 0.341. The number of hydrogen-bond acceptors (Lipinski definition) is 3. The largest absolute Gasteiger partial charge is 0.467 e. The van der Waals surface area contributed by atoms with Crippen LogP contribution in [0.5, 0.6) is 0 Å². The molecule has 0 aromatic heterocycles. The van der Waals surface area contributed by atoms with Crippen molar-refractivity contribution in [2.45, 2.75) is 31.5 Å². The Kier molecular flexibility index (Phi) is 3.47. The molecule has 0 amide bonds. The molecule has 0 aliphatic carbocycles. The fourth-order valence-electron chi connectivity index (χ4n) is 1.41. The molecule has 2 unspecified atom stereocenters. The van der Waals surface area contributed by atoms with Gasteiger partial charge in [0.2, 0.25) is 6.17 Å². The van der Waals surface area contributed by atoms with Crippen LogP contribution in [-0.2, 0) is 9.53 Å². The lowest BCUT2D eigenvalue weighted by atomic mass is 10.0. The Morgan fingerprint density at radius 2 is 2.42 bits per heavy atom.